The smallest absolute Gasteiger partial charge is 0.0461 e. The zero-order chi connectivity index (χ0) is 36.2. The molecule has 1 heteroatoms. The van der Waals surface area contributed by atoms with E-state index in [0.717, 1.165) is 24.9 Å². The summed E-state index contributed by atoms with van der Waals surface area (Å²) in [6.45, 7) is 4.79. The predicted molar refractivity (Wildman–Crippen MR) is 230 cm³/mol. The summed E-state index contributed by atoms with van der Waals surface area (Å²) in [5.41, 5.74) is 15.3. The number of benzene rings is 7. The summed E-state index contributed by atoms with van der Waals surface area (Å²) in [6, 6.07) is 54.2. The van der Waals surface area contributed by atoms with Gasteiger partial charge in [-0.2, -0.15) is 0 Å². The minimum absolute atomic E-state index is 0.162. The standard InChI is InChI=1S/C53H43N/c1-53(2)49-19-11-16-40-26-32-47(43-21-20-37-14-9-10-15-41(37)34-43)52(51(40)49)48-33-27-42(35-50(48)53)39-24-30-46(31-25-39)54(44-17-7-4-8-18-44)45-28-22-38(23-29-45)36-12-5-3-6-13-36/h4-5,7-22,24-35,38H,3,6,23H2,1-2H3. The van der Waals surface area contributed by atoms with Gasteiger partial charge in [-0.3, -0.25) is 0 Å². The SMILES string of the molecule is CC1(C)c2cc(-c3ccc(N(C4=CCC(C5=CCCC=C5)C=C4)c4ccccc4)cc3)ccc2-c2c(-c3ccc4ccccc4c3)ccc3cccc1c23. The highest BCUT2D eigenvalue weighted by atomic mass is 15.1. The number of hydrogen-bond acceptors (Lipinski definition) is 1. The molecule has 7 aromatic carbocycles. The third-order valence-electron chi connectivity index (χ3n) is 12.0. The van der Waals surface area contributed by atoms with Crippen LogP contribution in [0.15, 0.2) is 193 Å². The number of rotatable bonds is 6. The van der Waals surface area contributed by atoms with Crippen molar-refractivity contribution in [2.75, 3.05) is 4.90 Å². The molecule has 0 N–H and O–H groups in total. The largest absolute Gasteiger partial charge is 0.311 e. The molecule has 10 rings (SSSR count). The Kier molecular flexibility index (Phi) is 7.84. The van der Waals surface area contributed by atoms with Crippen molar-refractivity contribution in [3.8, 4) is 33.4 Å². The van der Waals surface area contributed by atoms with Gasteiger partial charge in [-0.05, 0) is 133 Å². The van der Waals surface area contributed by atoms with Crippen LogP contribution in [-0.2, 0) is 5.41 Å². The van der Waals surface area contributed by atoms with Gasteiger partial charge < -0.3 is 4.90 Å². The van der Waals surface area contributed by atoms with Crippen LogP contribution in [0.2, 0.25) is 0 Å². The molecule has 1 nitrogen and oxygen atoms in total. The normalized spacial score (nSPS) is 16.9. The Bertz CT molecular complexity index is 2700. The summed E-state index contributed by atoms with van der Waals surface area (Å²) in [5, 5.41) is 5.22. The molecule has 3 aliphatic carbocycles. The van der Waals surface area contributed by atoms with Crippen LogP contribution in [0.4, 0.5) is 11.4 Å². The van der Waals surface area contributed by atoms with Crippen molar-refractivity contribution in [3.63, 3.8) is 0 Å². The Morgan fingerprint density at radius 1 is 0.537 bits per heavy atom. The molecule has 0 aromatic heterocycles. The van der Waals surface area contributed by atoms with E-state index in [1.165, 1.54) is 83.0 Å². The fraction of sp³-hybridized carbons (Fsp3) is 0.132. The van der Waals surface area contributed by atoms with E-state index in [-0.39, 0.29) is 5.41 Å². The van der Waals surface area contributed by atoms with Crippen LogP contribution in [-0.4, -0.2) is 0 Å². The molecule has 0 saturated heterocycles. The molecule has 0 heterocycles. The van der Waals surface area contributed by atoms with Crippen LogP contribution in [0.3, 0.4) is 0 Å². The summed E-state index contributed by atoms with van der Waals surface area (Å²) in [6.07, 6.45) is 17.5. The van der Waals surface area contributed by atoms with Gasteiger partial charge in [0, 0.05) is 28.4 Å². The van der Waals surface area contributed by atoms with Crippen LogP contribution < -0.4 is 4.90 Å². The molecule has 7 aromatic rings. The summed E-state index contributed by atoms with van der Waals surface area (Å²) >= 11 is 0. The second-order valence-electron chi connectivity index (χ2n) is 15.6. The average Bonchev–Trinajstić information content (AvgIpc) is 3.23. The van der Waals surface area contributed by atoms with Crippen LogP contribution >= 0.6 is 0 Å². The molecular weight excluding hydrogens is 651 g/mol. The van der Waals surface area contributed by atoms with E-state index in [0.29, 0.717) is 5.92 Å². The first-order chi connectivity index (χ1) is 26.5. The zero-order valence-corrected chi connectivity index (χ0v) is 31.0. The fourth-order valence-corrected chi connectivity index (χ4v) is 9.14. The number of para-hydroxylation sites is 1. The van der Waals surface area contributed by atoms with Crippen molar-refractivity contribution in [1.29, 1.82) is 0 Å². The van der Waals surface area contributed by atoms with E-state index >= 15 is 0 Å². The van der Waals surface area contributed by atoms with Gasteiger partial charge in [0.15, 0.2) is 0 Å². The Labute approximate surface area is 318 Å². The second-order valence-corrected chi connectivity index (χ2v) is 15.6. The Morgan fingerprint density at radius 2 is 1.26 bits per heavy atom. The molecule has 0 bridgehead atoms. The monoisotopic (exact) mass is 693 g/mol. The van der Waals surface area contributed by atoms with Gasteiger partial charge in [0.25, 0.3) is 0 Å². The van der Waals surface area contributed by atoms with Crippen molar-refractivity contribution in [2.45, 2.75) is 38.5 Å². The third kappa shape index (κ3) is 5.46. The number of hydrogen-bond donors (Lipinski definition) is 0. The van der Waals surface area contributed by atoms with Crippen LogP contribution in [0.5, 0.6) is 0 Å². The molecule has 0 saturated carbocycles. The van der Waals surface area contributed by atoms with E-state index in [4.69, 9.17) is 0 Å². The lowest BCUT2D eigenvalue weighted by Crippen LogP contribution is -2.24. The van der Waals surface area contributed by atoms with E-state index < -0.39 is 0 Å². The quantitative estimate of drug-likeness (QED) is 0.168. The van der Waals surface area contributed by atoms with Gasteiger partial charge >= 0.3 is 0 Å². The molecule has 0 aliphatic heterocycles. The summed E-state index contributed by atoms with van der Waals surface area (Å²) in [7, 11) is 0. The molecule has 0 amide bonds. The van der Waals surface area contributed by atoms with Gasteiger partial charge in [-0.25, -0.2) is 0 Å². The maximum absolute atomic E-state index is 2.46. The minimum Gasteiger partial charge on any atom is -0.311 e. The lowest BCUT2D eigenvalue weighted by atomic mass is 9.67. The lowest BCUT2D eigenvalue weighted by molar-refractivity contribution is 0.645. The summed E-state index contributed by atoms with van der Waals surface area (Å²) in [4.78, 5) is 2.39. The first-order valence-corrected chi connectivity index (χ1v) is 19.4. The first kappa shape index (κ1) is 32.5. The number of fused-ring (bicyclic) bond motifs is 3. The highest BCUT2D eigenvalue weighted by molar-refractivity contribution is 6.10. The molecular formula is C53H43N. The first-order valence-electron chi connectivity index (χ1n) is 19.4. The predicted octanol–water partition coefficient (Wildman–Crippen LogP) is 14.5. The molecule has 1 atom stereocenters. The third-order valence-corrected chi connectivity index (χ3v) is 12.0. The van der Waals surface area contributed by atoms with Crippen molar-refractivity contribution in [1.82, 2.24) is 0 Å². The van der Waals surface area contributed by atoms with Gasteiger partial charge in [-0.1, -0.05) is 153 Å². The molecule has 3 aliphatic rings. The molecule has 0 fully saturated rings. The van der Waals surface area contributed by atoms with Crippen LogP contribution in [0.1, 0.15) is 44.2 Å². The Balaban J connectivity index is 1.04. The van der Waals surface area contributed by atoms with Gasteiger partial charge in [0.05, 0.1) is 0 Å². The zero-order valence-electron chi connectivity index (χ0n) is 31.0. The number of anilines is 2. The Morgan fingerprint density at radius 3 is 2.06 bits per heavy atom. The van der Waals surface area contributed by atoms with E-state index in [1.54, 1.807) is 0 Å². The van der Waals surface area contributed by atoms with E-state index in [2.05, 4.69) is 201 Å². The fourth-order valence-electron chi connectivity index (χ4n) is 9.14. The molecule has 0 spiro atoms. The molecule has 1 unspecified atom stereocenters. The van der Waals surface area contributed by atoms with E-state index in [9.17, 15) is 0 Å². The van der Waals surface area contributed by atoms with E-state index in [1.807, 2.05) is 0 Å². The minimum atomic E-state index is -0.162. The van der Waals surface area contributed by atoms with Crippen LogP contribution in [0.25, 0.3) is 54.9 Å². The lowest BCUT2D eigenvalue weighted by Gasteiger charge is -2.36. The summed E-state index contributed by atoms with van der Waals surface area (Å²) < 4.78 is 0. The maximum atomic E-state index is 2.46. The van der Waals surface area contributed by atoms with Crippen molar-refractivity contribution in [3.05, 3.63) is 204 Å². The Hall–Kier alpha value is -6.18. The van der Waals surface area contributed by atoms with Gasteiger partial charge in [-0.15, -0.1) is 0 Å². The molecule has 0 radical (unpaired) electrons. The maximum Gasteiger partial charge on any atom is 0.0461 e. The highest BCUT2D eigenvalue weighted by Gasteiger charge is 2.35. The number of allylic oxidation sites excluding steroid dienone is 7. The topological polar surface area (TPSA) is 3.24 Å². The average molecular weight is 694 g/mol. The highest BCUT2D eigenvalue weighted by Crippen LogP contribution is 2.52. The van der Waals surface area contributed by atoms with Gasteiger partial charge in [0.2, 0.25) is 0 Å². The summed E-state index contributed by atoms with van der Waals surface area (Å²) in [5.74, 6) is 0.446. The van der Waals surface area contributed by atoms with Crippen molar-refractivity contribution < 1.29 is 0 Å². The van der Waals surface area contributed by atoms with Crippen molar-refractivity contribution >= 4 is 32.9 Å². The molecule has 54 heavy (non-hydrogen) atoms. The second kappa shape index (κ2) is 13.0. The molecule has 260 valence electrons. The number of nitrogens with zero attached hydrogens (tertiary/aromatic N) is 1. The van der Waals surface area contributed by atoms with Crippen molar-refractivity contribution in [2.24, 2.45) is 5.92 Å². The van der Waals surface area contributed by atoms with Crippen LogP contribution in [0, 0.1) is 5.92 Å². The van der Waals surface area contributed by atoms with Gasteiger partial charge in [0.1, 0.15) is 0 Å².